The molecule has 1 aromatic rings. The number of ether oxygens (including phenoxy) is 1. The first-order valence-electron chi connectivity index (χ1n) is 7.01. The predicted molar refractivity (Wildman–Crippen MR) is 75.2 cm³/mol. The fourth-order valence-corrected chi connectivity index (χ4v) is 4.09. The van der Waals surface area contributed by atoms with Gasteiger partial charge in [0.2, 0.25) is 5.88 Å². The third kappa shape index (κ3) is 1.85. The maximum absolute atomic E-state index is 6.16. The minimum absolute atomic E-state index is 0.246. The molecule has 0 saturated heterocycles. The van der Waals surface area contributed by atoms with Crippen molar-refractivity contribution in [1.29, 1.82) is 0 Å². The van der Waals surface area contributed by atoms with E-state index < -0.39 is 0 Å². The molecule has 4 heteroatoms. The quantitative estimate of drug-likeness (QED) is 0.790. The molecule has 2 aliphatic carbocycles. The molecule has 0 radical (unpaired) electrons. The lowest BCUT2D eigenvalue weighted by atomic mass is 9.70. The molecule has 1 aromatic heterocycles. The lowest BCUT2D eigenvalue weighted by molar-refractivity contribution is 0.0269. The van der Waals surface area contributed by atoms with Crippen molar-refractivity contribution in [3.63, 3.8) is 0 Å². The minimum Gasteiger partial charge on any atom is -0.473 e. The van der Waals surface area contributed by atoms with Crippen molar-refractivity contribution in [3.8, 4) is 5.88 Å². The molecule has 0 amide bonds. The Hall–Kier alpha value is -0.830. The minimum atomic E-state index is 0.246. The SMILES string of the molecule is CC1(C)C2CCC1(C)C(Oc1cncc(CCl)n1)C2. The summed E-state index contributed by atoms with van der Waals surface area (Å²) in [6.07, 6.45) is 7.34. The summed E-state index contributed by atoms with van der Waals surface area (Å²) in [5, 5.41) is 0. The van der Waals surface area contributed by atoms with Crippen molar-refractivity contribution in [2.75, 3.05) is 0 Å². The highest BCUT2D eigenvalue weighted by atomic mass is 35.5. The van der Waals surface area contributed by atoms with Gasteiger partial charge in [0.05, 0.1) is 17.8 Å². The highest BCUT2D eigenvalue weighted by Gasteiger charge is 2.62. The van der Waals surface area contributed by atoms with Crippen LogP contribution in [-0.2, 0) is 5.88 Å². The molecule has 0 N–H and O–H groups in total. The Kier molecular flexibility index (Phi) is 3.01. The smallest absolute Gasteiger partial charge is 0.232 e. The van der Waals surface area contributed by atoms with Gasteiger partial charge < -0.3 is 4.74 Å². The molecular formula is C15H21ClN2O. The van der Waals surface area contributed by atoms with E-state index >= 15 is 0 Å². The summed E-state index contributed by atoms with van der Waals surface area (Å²) in [4.78, 5) is 8.55. The van der Waals surface area contributed by atoms with Crippen molar-refractivity contribution in [3.05, 3.63) is 18.1 Å². The van der Waals surface area contributed by atoms with Crippen LogP contribution in [0.4, 0.5) is 0 Å². The van der Waals surface area contributed by atoms with Gasteiger partial charge in [-0.05, 0) is 30.6 Å². The number of fused-ring (bicyclic) bond motifs is 2. The van der Waals surface area contributed by atoms with Gasteiger partial charge in [-0.25, -0.2) is 4.98 Å². The first-order chi connectivity index (χ1) is 8.97. The highest BCUT2D eigenvalue weighted by Crippen LogP contribution is 2.66. The molecule has 104 valence electrons. The molecule has 0 aromatic carbocycles. The molecule has 0 spiro atoms. The fourth-order valence-electron chi connectivity index (χ4n) is 3.96. The topological polar surface area (TPSA) is 35.0 Å². The van der Waals surface area contributed by atoms with Crippen molar-refractivity contribution in [1.82, 2.24) is 9.97 Å². The van der Waals surface area contributed by atoms with E-state index in [0.717, 1.165) is 18.0 Å². The fraction of sp³-hybridized carbons (Fsp3) is 0.733. The van der Waals surface area contributed by atoms with Crippen LogP contribution in [0, 0.1) is 16.7 Å². The third-order valence-corrected chi connectivity index (χ3v) is 6.05. The van der Waals surface area contributed by atoms with Crippen LogP contribution in [0.25, 0.3) is 0 Å². The molecule has 2 bridgehead atoms. The summed E-state index contributed by atoms with van der Waals surface area (Å²) in [5.74, 6) is 1.76. The molecule has 0 aliphatic heterocycles. The van der Waals surface area contributed by atoms with E-state index in [1.807, 2.05) is 0 Å². The van der Waals surface area contributed by atoms with Gasteiger partial charge in [-0.3, -0.25) is 4.98 Å². The second-order valence-electron chi connectivity index (χ2n) is 6.70. The zero-order valence-corrected chi connectivity index (χ0v) is 12.6. The first kappa shape index (κ1) is 13.2. The number of alkyl halides is 1. The van der Waals surface area contributed by atoms with E-state index in [4.69, 9.17) is 16.3 Å². The third-order valence-electron chi connectivity index (χ3n) is 5.78. The van der Waals surface area contributed by atoms with E-state index in [1.165, 1.54) is 12.8 Å². The molecule has 3 atom stereocenters. The van der Waals surface area contributed by atoms with Crippen LogP contribution in [-0.4, -0.2) is 16.1 Å². The van der Waals surface area contributed by atoms with Gasteiger partial charge in [-0.15, -0.1) is 11.6 Å². The summed E-state index contributed by atoms with van der Waals surface area (Å²) in [5.41, 5.74) is 1.37. The maximum atomic E-state index is 6.16. The number of nitrogens with zero attached hydrogens (tertiary/aromatic N) is 2. The number of halogens is 1. The molecule has 2 aliphatic rings. The molecule has 2 fully saturated rings. The molecule has 2 saturated carbocycles. The zero-order valence-electron chi connectivity index (χ0n) is 11.8. The molecule has 3 nitrogen and oxygen atoms in total. The highest BCUT2D eigenvalue weighted by molar-refractivity contribution is 6.16. The Morgan fingerprint density at radius 1 is 1.37 bits per heavy atom. The van der Waals surface area contributed by atoms with Crippen LogP contribution in [0.2, 0.25) is 0 Å². The molecule has 3 rings (SSSR count). The Balaban J connectivity index is 1.82. The van der Waals surface area contributed by atoms with E-state index in [0.29, 0.717) is 17.2 Å². The van der Waals surface area contributed by atoms with Crippen LogP contribution in [0.5, 0.6) is 5.88 Å². The summed E-state index contributed by atoms with van der Waals surface area (Å²) < 4.78 is 6.16. The van der Waals surface area contributed by atoms with E-state index in [9.17, 15) is 0 Å². The van der Waals surface area contributed by atoms with Gasteiger partial charge in [-0.2, -0.15) is 0 Å². The molecule has 19 heavy (non-hydrogen) atoms. The van der Waals surface area contributed by atoms with Gasteiger partial charge in [0.15, 0.2) is 0 Å². The second kappa shape index (κ2) is 4.34. The van der Waals surface area contributed by atoms with Gasteiger partial charge in [-0.1, -0.05) is 20.8 Å². The summed E-state index contributed by atoms with van der Waals surface area (Å²) in [6.45, 7) is 7.13. The van der Waals surface area contributed by atoms with Crippen molar-refractivity contribution in [2.45, 2.75) is 52.0 Å². The lowest BCUT2D eigenvalue weighted by Gasteiger charge is -2.38. The van der Waals surface area contributed by atoms with Crippen LogP contribution in [0.1, 0.15) is 45.7 Å². The van der Waals surface area contributed by atoms with Crippen LogP contribution < -0.4 is 4.74 Å². The lowest BCUT2D eigenvalue weighted by Crippen LogP contribution is -2.39. The monoisotopic (exact) mass is 280 g/mol. The summed E-state index contributed by atoms with van der Waals surface area (Å²) in [7, 11) is 0. The van der Waals surface area contributed by atoms with Gasteiger partial charge in [0.25, 0.3) is 0 Å². The van der Waals surface area contributed by atoms with E-state index in [1.54, 1.807) is 12.4 Å². The average molecular weight is 281 g/mol. The largest absolute Gasteiger partial charge is 0.473 e. The van der Waals surface area contributed by atoms with Crippen LogP contribution in [0.15, 0.2) is 12.4 Å². The van der Waals surface area contributed by atoms with Crippen LogP contribution >= 0.6 is 11.6 Å². The second-order valence-corrected chi connectivity index (χ2v) is 6.97. The molecule has 3 unspecified atom stereocenters. The standard InChI is InChI=1S/C15H21ClN2O/c1-14(2)10-4-5-15(14,3)12(6-10)19-13-9-17-8-11(7-16)18-13/h8-10,12H,4-7H2,1-3H3. The molecule has 1 heterocycles. The van der Waals surface area contributed by atoms with Gasteiger partial charge >= 0.3 is 0 Å². The normalized spacial score (nSPS) is 35.6. The average Bonchev–Trinajstić information content (AvgIpc) is 2.72. The number of aromatic nitrogens is 2. The first-order valence-corrected chi connectivity index (χ1v) is 7.54. The van der Waals surface area contributed by atoms with E-state index in [2.05, 4.69) is 30.7 Å². The van der Waals surface area contributed by atoms with Gasteiger partial charge in [0.1, 0.15) is 6.10 Å². The van der Waals surface area contributed by atoms with E-state index in [-0.39, 0.29) is 11.5 Å². The molecular weight excluding hydrogens is 260 g/mol. The van der Waals surface area contributed by atoms with Gasteiger partial charge in [0, 0.05) is 11.6 Å². The Labute approximate surface area is 119 Å². The Morgan fingerprint density at radius 2 is 2.16 bits per heavy atom. The Morgan fingerprint density at radius 3 is 2.74 bits per heavy atom. The summed E-state index contributed by atoms with van der Waals surface area (Å²) in [6, 6.07) is 0. The Bertz CT molecular complexity index is 491. The maximum Gasteiger partial charge on any atom is 0.232 e. The predicted octanol–water partition coefficient (Wildman–Crippen LogP) is 3.81. The zero-order chi connectivity index (χ0) is 13.7. The summed E-state index contributed by atoms with van der Waals surface area (Å²) >= 11 is 5.79. The van der Waals surface area contributed by atoms with Crippen molar-refractivity contribution in [2.24, 2.45) is 16.7 Å². The number of hydrogen-bond acceptors (Lipinski definition) is 3. The van der Waals surface area contributed by atoms with Crippen LogP contribution in [0.3, 0.4) is 0 Å². The van der Waals surface area contributed by atoms with Crippen molar-refractivity contribution < 1.29 is 4.74 Å². The van der Waals surface area contributed by atoms with Crippen molar-refractivity contribution >= 4 is 11.6 Å². The number of rotatable bonds is 3. The number of hydrogen-bond donors (Lipinski definition) is 0.